The van der Waals surface area contributed by atoms with Crippen molar-refractivity contribution < 1.29 is 4.79 Å². The molecule has 2 aromatic rings. The van der Waals surface area contributed by atoms with Crippen LogP contribution in [0.3, 0.4) is 0 Å². The van der Waals surface area contributed by atoms with Crippen molar-refractivity contribution in [1.82, 2.24) is 10.3 Å². The Morgan fingerprint density at radius 2 is 1.95 bits per heavy atom. The fraction of sp³-hybridized carbons (Fsp3) is 0.250. The average Bonchev–Trinajstić information content (AvgIpc) is 2.45. The first-order chi connectivity index (χ1) is 9.95. The topological polar surface area (TPSA) is 68.0 Å². The van der Waals surface area contributed by atoms with E-state index in [0.29, 0.717) is 17.9 Å². The highest BCUT2D eigenvalue weighted by atomic mass is 79.9. The van der Waals surface area contributed by atoms with Gasteiger partial charge in [-0.05, 0) is 35.7 Å². The molecule has 0 atom stereocenters. The van der Waals surface area contributed by atoms with Crippen LogP contribution in [0.25, 0.3) is 0 Å². The predicted molar refractivity (Wildman–Crippen MR) is 88.1 cm³/mol. The van der Waals surface area contributed by atoms with Gasteiger partial charge in [-0.15, -0.1) is 0 Å². The van der Waals surface area contributed by atoms with Crippen LogP contribution in [0.15, 0.2) is 40.9 Å². The van der Waals surface area contributed by atoms with Crippen molar-refractivity contribution in [3.8, 4) is 0 Å². The molecule has 0 aliphatic rings. The fourth-order valence-corrected chi connectivity index (χ4v) is 2.15. The maximum atomic E-state index is 12.2. The largest absolute Gasteiger partial charge is 0.384 e. The molecule has 110 valence electrons. The molecule has 2 rings (SSSR count). The highest BCUT2D eigenvalue weighted by molar-refractivity contribution is 9.10. The van der Waals surface area contributed by atoms with Crippen LogP contribution in [0.5, 0.6) is 0 Å². The number of nitrogens with one attached hydrogen (secondary N) is 1. The normalized spacial score (nSPS) is 10.7. The molecule has 1 heterocycles. The number of pyridine rings is 1. The molecule has 1 aromatic carbocycles. The number of hydrogen-bond acceptors (Lipinski definition) is 3. The van der Waals surface area contributed by atoms with Crippen molar-refractivity contribution in [3.05, 3.63) is 57.7 Å². The summed E-state index contributed by atoms with van der Waals surface area (Å²) in [6.45, 7) is 4.52. The van der Waals surface area contributed by atoms with Gasteiger partial charge in [0.05, 0.1) is 0 Å². The molecule has 4 nitrogen and oxygen atoms in total. The second-order valence-electron chi connectivity index (χ2n) is 5.17. The van der Waals surface area contributed by atoms with E-state index in [2.05, 4.69) is 26.2 Å². The van der Waals surface area contributed by atoms with E-state index in [9.17, 15) is 4.79 Å². The Kier molecular flexibility index (Phi) is 4.96. The zero-order valence-corrected chi connectivity index (χ0v) is 13.6. The van der Waals surface area contributed by atoms with Crippen molar-refractivity contribution >= 4 is 27.7 Å². The van der Waals surface area contributed by atoms with Gasteiger partial charge in [0.2, 0.25) is 0 Å². The number of nitrogens with two attached hydrogens (primary N) is 1. The van der Waals surface area contributed by atoms with Gasteiger partial charge in [0, 0.05) is 22.3 Å². The molecule has 1 aromatic heterocycles. The van der Waals surface area contributed by atoms with E-state index in [0.717, 1.165) is 15.7 Å². The zero-order chi connectivity index (χ0) is 15.4. The van der Waals surface area contributed by atoms with E-state index in [1.807, 2.05) is 38.1 Å². The Balaban J connectivity index is 2.08. The lowest BCUT2D eigenvalue weighted by Crippen LogP contribution is -2.23. The Hall–Kier alpha value is -1.88. The number of carbonyl (C=O) groups is 1. The molecule has 0 radical (unpaired) electrons. The summed E-state index contributed by atoms with van der Waals surface area (Å²) < 4.78 is 1.01. The van der Waals surface area contributed by atoms with Gasteiger partial charge in [0.25, 0.3) is 5.91 Å². The van der Waals surface area contributed by atoms with E-state index in [1.165, 1.54) is 0 Å². The standard InChI is InChI=1S/C16H18BrN3O/c1-10(2)14-7-12(8-15(18)20-14)16(21)19-9-11-3-5-13(17)6-4-11/h3-8,10H,9H2,1-2H3,(H2,18,20)(H,19,21). The van der Waals surface area contributed by atoms with Crippen LogP contribution in [0.4, 0.5) is 5.82 Å². The molecule has 1 amide bonds. The molecular weight excluding hydrogens is 330 g/mol. The van der Waals surface area contributed by atoms with Crippen LogP contribution in [-0.2, 0) is 6.54 Å². The summed E-state index contributed by atoms with van der Waals surface area (Å²) in [6.07, 6.45) is 0. The number of amides is 1. The van der Waals surface area contributed by atoms with Crippen LogP contribution in [0, 0.1) is 0 Å². The third-order valence-electron chi connectivity index (χ3n) is 3.09. The second kappa shape index (κ2) is 6.72. The molecule has 5 heteroatoms. The van der Waals surface area contributed by atoms with Gasteiger partial charge >= 0.3 is 0 Å². The zero-order valence-electron chi connectivity index (χ0n) is 12.1. The molecule has 0 saturated carbocycles. The Labute approximate surface area is 132 Å². The molecule has 0 aliphatic heterocycles. The summed E-state index contributed by atoms with van der Waals surface area (Å²) in [5.41, 5.74) is 8.17. The van der Waals surface area contributed by atoms with Gasteiger partial charge in [0.15, 0.2) is 0 Å². The molecule has 0 bridgehead atoms. The van der Waals surface area contributed by atoms with Gasteiger partial charge in [0.1, 0.15) is 5.82 Å². The van der Waals surface area contributed by atoms with Crippen LogP contribution in [-0.4, -0.2) is 10.9 Å². The van der Waals surface area contributed by atoms with E-state index in [-0.39, 0.29) is 11.8 Å². The third-order valence-corrected chi connectivity index (χ3v) is 3.61. The minimum atomic E-state index is -0.145. The molecule has 0 aliphatic carbocycles. The molecular formula is C16H18BrN3O. The summed E-state index contributed by atoms with van der Waals surface area (Å²) >= 11 is 3.38. The third kappa shape index (κ3) is 4.29. The van der Waals surface area contributed by atoms with Crippen molar-refractivity contribution in [2.45, 2.75) is 26.3 Å². The second-order valence-corrected chi connectivity index (χ2v) is 6.09. The smallest absolute Gasteiger partial charge is 0.251 e. The SMILES string of the molecule is CC(C)c1cc(C(=O)NCc2ccc(Br)cc2)cc(N)n1. The van der Waals surface area contributed by atoms with Crippen molar-refractivity contribution in [2.24, 2.45) is 0 Å². The lowest BCUT2D eigenvalue weighted by molar-refractivity contribution is 0.0950. The van der Waals surface area contributed by atoms with Gasteiger partial charge in [-0.2, -0.15) is 0 Å². The number of nitrogen functional groups attached to an aromatic ring is 1. The highest BCUT2D eigenvalue weighted by Gasteiger charge is 2.10. The maximum absolute atomic E-state index is 12.2. The van der Waals surface area contributed by atoms with Crippen LogP contribution < -0.4 is 11.1 Å². The summed E-state index contributed by atoms with van der Waals surface area (Å²) in [4.78, 5) is 16.4. The van der Waals surface area contributed by atoms with Gasteiger partial charge in [-0.1, -0.05) is 41.9 Å². The lowest BCUT2D eigenvalue weighted by Gasteiger charge is -2.10. The predicted octanol–water partition coefficient (Wildman–Crippen LogP) is 3.48. The molecule has 21 heavy (non-hydrogen) atoms. The van der Waals surface area contributed by atoms with Crippen molar-refractivity contribution in [1.29, 1.82) is 0 Å². The van der Waals surface area contributed by atoms with E-state index in [4.69, 9.17) is 5.73 Å². The van der Waals surface area contributed by atoms with Crippen molar-refractivity contribution in [3.63, 3.8) is 0 Å². The van der Waals surface area contributed by atoms with Crippen LogP contribution in [0.2, 0.25) is 0 Å². The summed E-state index contributed by atoms with van der Waals surface area (Å²) in [5.74, 6) is 0.454. The number of aromatic nitrogens is 1. The highest BCUT2D eigenvalue weighted by Crippen LogP contribution is 2.16. The molecule has 0 fully saturated rings. The first-order valence-electron chi connectivity index (χ1n) is 6.76. The average molecular weight is 348 g/mol. The molecule has 3 N–H and O–H groups in total. The first kappa shape index (κ1) is 15.5. The van der Waals surface area contributed by atoms with Gasteiger partial charge in [-0.25, -0.2) is 4.98 Å². The number of nitrogens with zero attached hydrogens (tertiary/aromatic N) is 1. The Morgan fingerprint density at radius 1 is 1.29 bits per heavy atom. The number of halogens is 1. The number of benzene rings is 1. The lowest BCUT2D eigenvalue weighted by atomic mass is 10.1. The summed E-state index contributed by atoms with van der Waals surface area (Å²) in [7, 11) is 0. The Bertz CT molecular complexity index is 638. The van der Waals surface area contributed by atoms with Crippen LogP contribution in [0.1, 0.15) is 41.4 Å². The minimum Gasteiger partial charge on any atom is -0.384 e. The number of hydrogen-bond donors (Lipinski definition) is 2. The number of rotatable bonds is 4. The molecule has 0 unspecified atom stereocenters. The number of carbonyl (C=O) groups excluding carboxylic acids is 1. The Morgan fingerprint density at radius 3 is 2.57 bits per heavy atom. The summed E-state index contributed by atoms with van der Waals surface area (Å²) in [5, 5.41) is 2.89. The first-order valence-corrected chi connectivity index (χ1v) is 7.55. The van der Waals surface area contributed by atoms with Gasteiger partial charge < -0.3 is 11.1 Å². The monoisotopic (exact) mass is 347 g/mol. The van der Waals surface area contributed by atoms with E-state index in [1.54, 1.807) is 12.1 Å². The number of anilines is 1. The fourth-order valence-electron chi connectivity index (χ4n) is 1.89. The van der Waals surface area contributed by atoms with E-state index >= 15 is 0 Å². The maximum Gasteiger partial charge on any atom is 0.251 e. The van der Waals surface area contributed by atoms with Gasteiger partial charge in [-0.3, -0.25) is 4.79 Å². The van der Waals surface area contributed by atoms with Crippen molar-refractivity contribution in [2.75, 3.05) is 5.73 Å². The summed E-state index contributed by atoms with van der Waals surface area (Å²) in [6, 6.07) is 11.2. The van der Waals surface area contributed by atoms with Crippen LogP contribution >= 0.6 is 15.9 Å². The minimum absolute atomic E-state index is 0.145. The molecule has 0 spiro atoms. The van der Waals surface area contributed by atoms with E-state index < -0.39 is 0 Å². The quantitative estimate of drug-likeness (QED) is 0.889. The molecule has 0 saturated heterocycles.